The van der Waals surface area contributed by atoms with Crippen molar-refractivity contribution in [2.45, 2.75) is 130 Å². The van der Waals surface area contributed by atoms with E-state index in [0.717, 1.165) is 38.5 Å². The minimum absolute atomic E-state index is 0.269. The zero-order valence-electron chi connectivity index (χ0n) is 30.8. The van der Waals surface area contributed by atoms with Gasteiger partial charge in [0.15, 0.2) is 0 Å². The van der Waals surface area contributed by atoms with Gasteiger partial charge in [-0.2, -0.15) is 0 Å². The maximum absolute atomic E-state index is 13.3. The van der Waals surface area contributed by atoms with Gasteiger partial charge in [0.2, 0.25) is 0 Å². The maximum atomic E-state index is 13.3. The normalized spacial score (nSPS) is 11.0. The molecule has 0 unspecified atom stereocenters. The summed E-state index contributed by atoms with van der Waals surface area (Å²) < 4.78 is 10.9. The third-order valence-corrected chi connectivity index (χ3v) is 7.48. The van der Waals surface area contributed by atoms with E-state index in [2.05, 4.69) is 48.2 Å². The van der Waals surface area contributed by atoms with Gasteiger partial charge in [-0.1, -0.05) is 102 Å². The van der Waals surface area contributed by atoms with Crippen LogP contribution in [0.2, 0.25) is 0 Å². The number of amides is 2. The second-order valence-electron chi connectivity index (χ2n) is 13.5. The lowest BCUT2D eigenvalue weighted by molar-refractivity contribution is 0.0488. The molecule has 0 spiro atoms. The van der Waals surface area contributed by atoms with Gasteiger partial charge in [0.1, 0.15) is 11.2 Å². The molecule has 0 aliphatic heterocycles. The third kappa shape index (κ3) is 17.4. The van der Waals surface area contributed by atoms with Gasteiger partial charge in [-0.3, -0.25) is 0 Å². The number of urea groups is 1. The summed E-state index contributed by atoms with van der Waals surface area (Å²) >= 11 is 0. The Labute approximate surface area is 298 Å². The lowest BCUT2D eigenvalue weighted by Gasteiger charge is -2.14. The van der Waals surface area contributed by atoms with Crippen molar-refractivity contribution < 1.29 is 34.1 Å². The van der Waals surface area contributed by atoms with Crippen LogP contribution < -0.4 is 10.6 Å². The number of carbonyl (C=O) groups excluding carboxylic acids is 3. The number of benzene rings is 2. The number of rotatable bonds is 18. The second kappa shape index (κ2) is 21.7. The number of anilines is 2. The Morgan fingerprint density at radius 3 is 1.32 bits per heavy atom. The van der Waals surface area contributed by atoms with Crippen LogP contribution in [0, 0.1) is 23.7 Å². The third-order valence-electron chi connectivity index (χ3n) is 7.48. The minimum atomic E-state index is -1.32. The van der Waals surface area contributed by atoms with Crippen LogP contribution in [0.5, 0.6) is 0 Å². The van der Waals surface area contributed by atoms with Crippen molar-refractivity contribution in [3.05, 3.63) is 58.7 Å². The number of ether oxygens (including phenoxy) is 2. The first kappa shape index (κ1) is 41.9. The predicted octanol–water partition coefficient (Wildman–Crippen LogP) is 8.61. The zero-order chi connectivity index (χ0) is 37.0. The summed E-state index contributed by atoms with van der Waals surface area (Å²) in [6.07, 6.45) is 12.8. The van der Waals surface area contributed by atoms with E-state index in [1.54, 1.807) is 24.3 Å². The van der Waals surface area contributed by atoms with Crippen molar-refractivity contribution in [2.24, 2.45) is 0 Å². The Hall–Kier alpha value is -4.31. The molecule has 2 rings (SSSR count). The average molecular weight is 689 g/mol. The standard InChI is InChI=1S/C41H56N2O7/c1-7-9-11-13-15-17-27-49-37(44)33-19-21-35(31(29-33)23-25-40(3,4)47)42-39(46)43-36-22-20-34(30-32(36)24-26-41(5,6)48)38(45)50-28-18-16-14-12-10-8-2/h19-22,29-30,47-48H,7-18,27-28H2,1-6H3,(H2,42,43,46). The van der Waals surface area contributed by atoms with Gasteiger partial charge in [0.05, 0.1) is 35.7 Å². The predicted molar refractivity (Wildman–Crippen MR) is 199 cm³/mol. The minimum Gasteiger partial charge on any atom is -0.462 e. The lowest BCUT2D eigenvalue weighted by Crippen LogP contribution is -2.21. The van der Waals surface area contributed by atoms with Crippen LogP contribution in [0.3, 0.4) is 0 Å². The fourth-order valence-electron chi connectivity index (χ4n) is 4.74. The molecular weight excluding hydrogens is 632 g/mol. The van der Waals surface area contributed by atoms with Crippen molar-refractivity contribution in [3.63, 3.8) is 0 Å². The van der Waals surface area contributed by atoms with Crippen LogP contribution in [-0.4, -0.2) is 52.6 Å². The van der Waals surface area contributed by atoms with E-state index in [1.165, 1.54) is 78.4 Å². The molecular formula is C41H56N2O7. The summed E-state index contributed by atoms with van der Waals surface area (Å²) in [5, 5.41) is 25.9. The van der Waals surface area contributed by atoms with Gasteiger partial charge in [0.25, 0.3) is 0 Å². The SMILES string of the molecule is CCCCCCCCOC(=O)c1ccc(NC(=O)Nc2ccc(C(=O)OCCCCCCCC)cc2C#CC(C)(C)O)c(C#CC(C)(C)O)c1. The Morgan fingerprint density at radius 1 is 0.600 bits per heavy atom. The van der Waals surface area contributed by atoms with Gasteiger partial charge >= 0.3 is 18.0 Å². The van der Waals surface area contributed by atoms with Crippen LogP contribution in [0.25, 0.3) is 0 Å². The van der Waals surface area contributed by atoms with Gasteiger partial charge in [-0.25, -0.2) is 14.4 Å². The molecule has 0 aliphatic carbocycles. The second-order valence-corrected chi connectivity index (χ2v) is 13.5. The molecule has 0 radical (unpaired) electrons. The van der Waals surface area contributed by atoms with Gasteiger partial charge in [-0.05, 0) is 76.9 Å². The maximum Gasteiger partial charge on any atom is 0.338 e. The summed E-state index contributed by atoms with van der Waals surface area (Å²) in [5.74, 6) is 10.2. The van der Waals surface area contributed by atoms with Crippen molar-refractivity contribution in [1.82, 2.24) is 0 Å². The van der Waals surface area contributed by atoms with Crippen molar-refractivity contribution in [1.29, 1.82) is 0 Å². The smallest absolute Gasteiger partial charge is 0.338 e. The fraction of sp³-hybridized carbons (Fsp3) is 0.537. The molecule has 9 nitrogen and oxygen atoms in total. The lowest BCUT2D eigenvalue weighted by atomic mass is 10.1. The molecule has 0 heterocycles. The topological polar surface area (TPSA) is 134 Å². The van der Waals surface area contributed by atoms with Gasteiger partial charge in [-0.15, -0.1) is 0 Å². The first-order valence-electron chi connectivity index (χ1n) is 17.9. The summed E-state index contributed by atoms with van der Waals surface area (Å²) in [4.78, 5) is 38.8. The van der Waals surface area contributed by atoms with Gasteiger partial charge < -0.3 is 30.3 Å². The summed E-state index contributed by atoms with van der Waals surface area (Å²) in [6.45, 7) is 11.1. The van der Waals surface area contributed by atoms with Crippen LogP contribution in [-0.2, 0) is 9.47 Å². The highest BCUT2D eigenvalue weighted by Gasteiger charge is 2.16. The van der Waals surface area contributed by atoms with Crippen molar-refractivity contribution >= 4 is 29.3 Å². The van der Waals surface area contributed by atoms with E-state index in [0.29, 0.717) is 35.7 Å². The molecule has 2 amide bonds. The molecule has 50 heavy (non-hydrogen) atoms. The Balaban J connectivity index is 2.21. The molecule has 0 saturated carbocycles. The summed E-state index contributed by atoms with van der Waals surface area (Å²) in [5.41, 5.74) is -0.894. The van der Waals surface area contributed by atoms with Crippen molar-refractivity contribution in [3.8, 4) is 23.7 Å². The Morgan fingerprint density at radius 2 is 0.960 bits per heavy atom. The van der Waals surface area contributed by atoms with Gasteiger partial charge in [0, 0.05) is 11.1 Å². The number of unbranched alkanes of at least 4 members (excludes halogenated alkanes) is 10. The van der Waals surface area contributed by atoms with Crippen molar-refractivity contribution in [2.75, 3.05) is 23.8 Å². The summed E-state index contributed by atoms with van der Waals surface area (Å²) in [6, 6.07) is 8.58. The number of nitrogens with one attached hydrogen (secondary N) is 2. The number of aliphatic hydroxyl groups is 2. The molecule has 0 bridgehead atoms. The molecule has 4 N–H and O–H groups in total. The molecule has 9 heteroatoms. The number of carbonyl (C=O) groups is 3. The monoisotopic (exact) mass is 688 g/mol. The summed E-state index contributed by atoms with van der Waals surface area (Å²) in [7, 11) is 0. The largest absolute Gasteiger partial charge is 0.462 e. The molecule has 272 valence electrons. The molecule has 2 aromatic rings. The highest BCUT2D eigenvalue weighted by Crippen LogP contribution is 2.22. The molecule has 0 aliphatic rings. The van der Waals surface area contributed by atoms with Crippen LogP contribution in [0.15, 0.2) is 36.4 Å². The number of hydrogen-bond donors (Lipinski definition) is 4. The highest BCUT2D eigenvalue weighted by molar-refractivity contribution is 6.02. The molecule has 0 fully saturated rings. The molecule has 0 aromatic heterocycles. The van der Waals surface area contributed by atoms with Crippen LogP contribution >= 0.6 is 0 Å². The van der Waals surface area contributed by atoms with E-state index < -0.39 is 29.2 Å². The number of esters is 2. The Bertz CT molecular complexity index is 1410. The van der Waals surface area contributed by atoms with E-state index >= 15 is 0 Å². The van der Waals surface area contributed by atoms with E-state index in [9.17, 15) is 24.6 Å². The average Bonchev–Trinajstić information content (AvgIpc) is 3.05. The molecule has 2 aromatic carbocycles. The Kier molecular flexibility index (Phi) is 18.2. The molecule has 0 saturated heterocycles. The fourth-order valence-corrected chi connectivity index (χ4v) is 4.74. The van der Waals surface area contributed by atoms with E-state index in [1.807, 2.05) is 0 Å². The van der Waals surface area contributed by atoms with E-state index in [4.69, 9.17) is 9.47 Å². The zero-order valence-corrected chi connectivity index (χ0v) is 30.8. The first-order chi connectivity index (χ1) is 23.7. The van der Waals surface area contributed by atoms with E-state index in [-0.39, 0.29) is 11.1 Å². The highest BCUT2D eigenvalue weighted by atomic mass is 16.5. The quantitative estimate of drug-likeness (QED) is 0.0700. The van der Waals surface area contributed by atoms with Crippen LogP contribution in [0.1, 0.15) is 150 Å². The molecule has 0 atom stereocenters. The van der Waals surface area contributed by atoms with Crippen LogP contribution in [0.4, 0.5) is 16.2 Å². The number of hydrogen-bond acceptors (Lipinski definition) is 7. The first-order valence-corrected chi connectivity index (χ1v) is 17.9.